The highest BCUT2D eigenvalue weighted by Crippen LogP contribution is 2.27. The third-order valence-electron chi connectivity index (χ3n) is 3.35. The number of nitrogens with one attached hydrogen (secondary N) is 1. The molecule has 3 N–H and O–H groups in total. The largest absolute Gasteiger partial charge is 0.508 e. The fourth-order valence-electron chi connectivity index (χ4n) is 2.08. The lowest BCUT2D eigenvalue weighted by Crippen LogP contribution is -2.23. The standard InChI is InChI=1S/C19H18N2O4/c20-10-12-25-18-13-15(3-7-17(18)23)4-8-19(24)21-11-9-14-1-5-16(22)6-2-14/h1-8,13,22-23H,9,11-12H2,(H,21,24)/b8-4+. The molecule has 0 unspecified atom stereocenters. The first kappa shape index (κ1) is 17.9. The van der Waals surface area contributed by atoms with E-state index in [9.17, 15) is 15.0 Å². The van der Waals surface area contributed by atoms with Crippen LogP contribution in [0.3, 0.4) is 0 Å². The summed E-state index contributed by atoms with van der Waals surface area (Å²) in [6.45, 7) is 0.304. The lowest BCUT2D eigenvalue weighted by atomic mass is 10.1. The summed E-state index contributed by atoms with van der Waals surface area (Å²) in [4.78, 5) is 11.8. The smallest absolute Gasteiger partial charge is 0.244 e. The summed E-state index contributed by atoms with van der Waals surface area (Å²) in [6, 6.07) is 13.3. The van der Waals surface area contributed by atoms with Crippen molar-refractivity contribution in [2.24, 2.45) is 0 Å². The van der Waals surface area contributed by atoms with Gasteiger partial charge in [0.2, 0.25) is 5.91 Å². The molecule has 0 spiro atoms. The Kier molecular flexibility index (Phi) is 6.43. The van der Waals surface area contributed by atoms with Crippen LogP contribution in [0.15, 0.2) is 48.5 Å². The Morgan fingerprint density at radius 2 is 1.96 bits per heavy atom. The summed E-state index contributed by atoms with van der Waals surface area (Å²) < 4.78 is 5.09. The van der Waals surface area contributed by atoms with Gasteiger partial charge in [-0.2, -0.15) is 5.26 Å². The minimum Gasteiger partial charge on any atom is -0.508 e. The molecule has 0 saturated heterocycles. The van der Waals surface area contributed by atoms with Crippen molar-refractivity contribution >= 4 is 12.0 Å². The van der Waals surface area contributed by atoms with E-state index in [-0.39, 0.29) is 29.8 Å². The van der Waals surface area contributed by atoms with Crippen molar-refractivity contribution in [3.05, 3.63) is 59.7 Å². The average molecular weight is 338 g/mol. The number of aromatic hydroxyl groups is 2. The number of carbonyl (C=O) groups excluding carboxylic acids is 1. The van der Waals surface area contributed by atoms with Crippen molar-refractivity contribution < 1.29 is 19.7 Å². The molecule has 0 aromatic heterocycles. The number of ether oxygens (including phenoxy) is 1. The first-order valence-corrected chi connectivity index (χ1v) is 7.65. The fourth-order valence-corrected chi connectivity index (χ4v) is 2.08. The Bertz CT molecular complexity index is 792. The van der Waals surface area contributed by atoms with Crippen molar-refractivity contribution in [2.45, 2.75) is 6.42 Å². The molecule has 25 heavy (non-hydrogen) atoms. The molecule has 2 aromatic rings. The topological polar surface area (TPSA) is 103 Å². The maximum Gasteiger partial charge on any atom is 0.244 e. The molecule has 2 rings (SSSR count). The minimum atomic E-state index is -0.244. The van der Waals surface area contributed by atoms with Crippen LogP contribution in [-0.2, 0) is 11.2 Å². The number of rotatable bonds is 7. The van der Waals surface area contributed by atoms with Gasteiger partial charge in [-0.25, -0.2) is 0 Å². The van der Waals surface area contributed by atoms with Gasteiger partial charge in [0.25, 0.3) is 0 Å². The van der Waals surface area contributed by atoms with E-state index in [1.54, 1.807) is 42.5 Å². The Morgan fingerprint density at radius 1 is 1.20 bits per heavy atom. The predicted molar refractivity (Wildman–Crippen MR) is 93.1 cm³/mol. The van der Waals surface area contributed by atoms with Gasteiger partial charge in [0.15, 0.2) is 18.1 Å². The zero-order valence-electron chi connectivity index (χ0n) is 13.5. The third kappa shape index (κ3) is 5.92. The number of benzene rings is 2. The molecule has 0 radical (unpaired) electrons. The van der Waals surface area contributed by atoms with E-state index in [4.69, 9.17) is 10.00 Å². The summed E-state index contributed by atoms with van der Waals surface area (Å²) in [5.41, 5.74) is 1.68. The Morgan fingerprint density at radius 3 is 2.68 bits per heavy atom. The molecule has 6 nitrogen and oxygen atoms in total. The average Bonchev–Trinajstić information content (AvgIpc) is 2.61. The van der Waals surface area contributed by atoms with Gasteiger partial charge in [-0.3, -0.25) is 4.79 Å². The molecule has 2 aromatic carbocycles. The van der Waals surface area contributed by atoms with E-state index in [1.807, 2.05) is 6.07 Å². The molecule has 0 saturated carbocycles. The van der Waals surface area contributed by atoms with E-state index in [0.29, 0.717) is 18.5 Å². The van der Waals surface area contributed by atoms with Crippen LogP contribution in [0.2, 0.25) is 0 Å². The normalized spacial score (nSPS) is 10.4. The van der Waals surface area contributed by atoms with Crippen LogP contribution >= 0.6 is 0 Å². The number of hydrogen-bond acceptors (Lipinski definition) is 5. The van der Waals surface area contributed by atoms with Crippen molar-refractivity contribution in [1.29, 1.82) is 5.26 Å². The van der Waals surface area contributed by atoms with Crippen LogP contribution in [0.1, 0.15) is 11.1 Å². The van der Waals surface area contributed by atoms with Gasteiger partial charge >= 0.3 is 0 Å². The van der Waals surface area contributed by atoms with Crippen molar-refractivity contribution in [2.75, 3.05) is 13.2 Å². The van der Waals surface area contributed by atoms with Crippen molar-refractivity contribution in [3.63, 3.8) is 0 Å². The van der Waals surface area contributed by atoms with Crippen molar-refractivity contribution in [1.82, 2.24) is 5.32 Å². The first-order chi connectivity index (χ1) is 12.1. The molecule has 0 fully saturated rings. The molecule has 0 aliphatic rings. The van der Waals surface area contributed by atoms with Crippen molar-refractivity contribution in [3.8, 4) is 23.3 Å². The summed E-state index contributed by atoms with van der Waals surface area (Å²) >= 11 is 0. The van der Waals surface area contributed by atoms with Crippen LogP contribution in [0.4, 0.5) is 0 Å². The molecule has 1 amide bonds. The third-order valence-corrected chi connectivity index (χ3v) is 3.35. The highest BCUT2D eigenvalue weighted by molar-refractivity contribution is 5.91. The van der Waals surface area contributed by atoms with E-state index < -0.39 is 0 Å². The molecular weight excluding hydrogens is 320 g/mol. The van der Waals surface area contributed by atoms with Crippen LogP contribution < -0.4 is 10.1 Å². The highest BCUT2D eigenvalue weighted by Gasteiger charge is 2.03. The van der Waals surface area contributed by atoms with E-state index in [1.165, 1.54) is 12.1 Å². The maximum absolute atomic E-state index is 11.8. The van der Waals surface area contributed by atoms with Crippen LogP contribution in [0, 0.1) is 11.3 Å². The monoisotopic (exact) mass is 338 g/mol. The van der Waals surface area contributed by atoms with Crippen LogP contribution in [0.5, 0.6) is 17.2 Å². The van der Waals surface area contributed by atoms with Gasteiger partial charge in [0.05, 0.1) is 0 Å². The second-order valence-electron chi connectivity index (χ2n) is 5.21. The Balaban J connectivity index is 1.85. The number of phenolic OH excluding ortho intramolecular Hbond substituents is 2. The fraction of sp³-hybridized carbons (Fsp3) is 0.158. The zero-order valence-corrected chi connectivity index (χ0v) is 13.5. The maximum atomic E-state index is 11.8. The summed E-state index contributed by atoms with van der Waals surface area (Å²) in [7, 11) is 0. The number of nitrogens with zero attached hydrogens (tertiary/aromatic N) is 1. The Hall–Kier alpha value is -3.46. The summed E-state index contributed by atoms with van der Waals surface area (Å²) in [5.74, 6) is 0.0938. The second kappa shape index (κ2) is 8.99. The zero-order chi connectivity index (χ0) is 18.1. The second-order valence-corrected chi connectivity index (χ2v) is 5.21. The summed E-state index contributed by atoms with van der Waals surface area (Å²) in [6.07, 6.45) is 3.64. The lowest BCUT2D eigenvalue weighted by Gasteiger charge is -2.05. The SMILES string of the molecule is N#CCOc1cc(/C=C/C(=O)NCCc2ccc(O)cc2)ccc1O. The van der Waals surface area contributed by atoms with Crippen LogP contribution in [0.25, 0.3) is 6.08 Å². The highest BCUT2D eigenvalue weighted by atomic mass is 16.5. The molecule has 128 valence electrons. The first-order valence-electron chi connectivity index (χ1n) is 7.65. The lowest BCUT2D eigenvalue weighted by molar-refractivity contribution is -0.116. The van der Waals surface area contributed by atoms with E-state index in [2.05, 4.69) is 5.32 Å². The molecular formula is C19H18N2O4. The number of carbonyl (C=O) groups is 1. The summed E-state index contributed by atoms with van der Waals surface area (Å²) in [5, 5.41) is 30.1. The van der Waals surface area contributed by atoms with Crippen LogP contribution in [-0.4, -0.2) is 29.3 Å². The van der Waals surface area contributed by atoms with Gasteiger partial charge in [-0.1, -0.05) is 18.2 Å². The number of phenols is 2. The number of amides is 1. The van der Waals surface area contributed by atoms with Gasteiger partial charge in [0.1, 0.15) is 11.8 Å². The Labute approximate surface area is 145 Å². The van der Waals surface area contributed by atoms with E-state index >= 15 is 0 Å². The van der Waals surface area contributed by atoms with Gasteiger partial charge in [0, 0.05) is 12.6 Å². The molecule has 0 bridgehead atoms. The molecule has 0 heterocycles. The van der Waals surface area contributed by atoms with Gasteiger partial charge in [-0.15, -0.1) is 0 Å². The molecule has 0 atom stereocenters. The quantitative estimate of drug-likeness (QED) is 0.673. The molecule has 6 heteroatoms. The molecule has 0 aliphatic heterocycles. The minimum absolute atomic E-state index is 0.0641. The number of hydrogen-bond donors (Lipinski definition) is 3. The molecule has 0 aliphatic carbocycles. The van der Waals surface area contributed by atoms with Gasteiger partial charge < -0.3 is 20.3 Å². The van der Waals surface area contributed by atoms with E-state index in [0.717, 1.165) is 5.56 Å². The van der Waals surface area contributed by atoms with Gasteiger partial charge in [-0.05, 0) is 47.9 Å². The number of nitriles is 1. The predicted octanol–water partition coefficient (Wildman–Crippen LogP) is 2.37.